The van der Waals surface area contributed by atoms with Gasteiger partial charge in [-0.1, -0.05) is 0 Å². The van der Waals surface area contributed by atoms with Gasteiger partial charge in [0.05, 0.1) is 17.7 Å². The minimum absolute atomic E-state index is 0.149. The first-order valence-corrected chi connectivity index (χ1v) is 4.65. The van der Waals surface area contributed by atoms with Crippen molar-refractivity contribution in [3.63, 3.8) is 0 Å². The number of hydrogen-bond acceptors (Lipinski definition) is 3. The monoisotopic (exact) mass is 203 g/mol. The van der Waals surface area contributed by atoms with Gasteiger partial charge in [-0.25, -0.2) is 4.79 Å². The van der Waals surface area contributed by atoms with Gasteiger partial charge >= 0.3 is 5.97 Å². The third-order valence-electron chi connectivity index (χ3n) is 2.37. The molecule has 1 aliphatic heterocycles. The summed E-state index contributed by atoms with van der Waals surface area (Å²) in [5.74, 6) is -0.464. The van der Waals surface area contributed by atoms with Gasteiger partial charge in [-0.3, -0.25) is 0 Å². The van der Waals surface area contributed by atoms with Crippen LogP contribution in [-0.4, -0.2) is 17.7 Å². The molecule has 0 aromatic heterocycles. The van der Waals surface area contributed by atoms with Gasteiger partial charge in [0.15, 0.2) is 0 Å². The van der Waals surface area contributed by atoms with Crippen LogP contribution in [0.25, 0.3) is 0 Å². The fourth-order valence-corrected chi connectivity index (χ4v) is 1.69. The Morgan fingerprint density at radius 3 is 3.00 bits per heavy atom. The Balaban J connectivity index is 2.59. The molecule has 1 aromatic rings. The molecule has 0 saturated heterocycles. The molecular formula is C11H9NO3. The maximum Gasteiger partial charge on any atom is 0.335 e. The average Bonchev–Trinajstić information content (AvgIpc) is 2.27. The highest BCUT2D eigenvalue weighted by atomic mass is 16.5. The number of aryl methyl sites for hydroxylation is 1. The van der Waals surface area contributed by atoms with Crippen LogP contribution in [0.3, 0.4) is 0 Å². The van der Waals surface area contributed by atoms with Gasteiger partial charge in [0.25, 0.3) is 0 Å². The molecule has 4 nitrogen and oxygen atoms in total. The van der Waals surface area contributed by atoms with E-state index in [1.807, 2.05) is 6.07 Å². The van der Waals surface area contributed by atoms with Crippen molar-refractivity contribution in [3.05, 3.63) is 28.8 Å². The first-order valence-electron chi connectivity index (χ1n) is 4.65. The summed E-state index contributed by atoms with van der Waals surface area (Å²) in [4.78, 5) is 10.8. The first kappa shape index (κ1) is 9.53. The van der Waals surface area contributed by atoms with Gasteiger partial charge in [-0.05, 0) is 30.5 Å². The number of carboxylic acid groups (broad SMARTS) is 1. The van der Waals surface area contributed by atoms with Gasteiger partial charge in [-0.2, -0.15) is 5.26 Å². The molecule has 0 unspecified atom stereocenters. The maximum atomic E-state index is 10.8. The summed E-state index contributed by atoms with van der Waals surface area (Å²) in [6.07, 6.45) is 1.63. The largest absolute Gasteiger partial charge is 0.492 e. The van der Waals surface area contributed by atoms with Crippen LogP contribution in [-0.2, 0) is 6.42 Å². The molecule has 76 valence electrons. The minimum Gasteiger partial charge on any atom is -0.492 e. The Hall–Kier alpha value is -2.02. The molecule has 2 rings (SSSR count). The number of fused-ring (bicyclic) bond motifs is 1. The highest BCUT2D eigenvalue weighted by Gasteiger charge is 2.18. The number of carboxylic acids is 1. The molecule has 0 atom stereocenters. The van der Waals surface area contributed by atoms with E-state index in [1.54, 1.807) is 6.07 Å². The molecule has 0 radical (unpaired) electrons. The Labute approximate surface area is 86.7 Å². The fraction of sp³-hybridized carbons (Fsp3) is 0.273. The van der Waals surface area contributed by atoms with Crippen molar-refractivity contribution in [2.75, 3.05) is 6.61 Å². The molecule has 1 heterocycles. The molecule has 0 aliphatic carbocycles. The standard InChI is InChI=1S/C11H9NO3/c12-6-9-5-8(11(13)14)4-7-2-1-3-15-10(7)9/h4-5H,1-3H2,(H,13,14). The molecule has 15 heavy (non-hydrogen) atoms. The van der Waals surface area contributed by atoms with Gasteiger partial charge in [0, 0.05) is 0 Å². The van der Waals surface area contributed by atoms with Crippen LogP contribution in [0, 0.1) is 11.3 Å². The molecule has 0 bridgehead atoms. The summed E-state index contributed by atoms with van der Waals surface area (Å²) in [6.45, 7) is 0.591. The Morgan fingerprint density at radius 1 is 1.53 bits per heavy atom. The number of ether oxygens (including phenoxy) is 1. The van der Waals surface area contributed by atoms with E-state index in [-0.39, 0.29) is 5.56 Å². The van der Waals surface area contributed by atoms with Crippen LogP contribution < -0.4 is 4.74 Å². The second-order valence-electron chi connectivity index (χ2n) is 3.38. The average molecular weight is 203 g/mol. The van der Waals surface area contributed by atoms with Crippen molar-refractivity contribution >= 4 is 5.97 Å². The molecular weight excluding hydrogens is 194 g/mol. The molecule has 4 heteroatoms. The lowest BCUT2D eigenvalue weighted by atomic mass is 9.99. The lowest BCUT2D eigenvalue weighted by Gasteiger charge is -2.18. The quantitative estimate of drug-likeness (QED) is 0.752. The Kier molecular flexibility index (Phi) is 2.30. The summed E-state index contributed by atoms with van der Waals surface area (Å²) >= 11 is 0. The van der Waals surface area contributed by atoms with Crippen molar-refractivity contribution in [3.8, 4) is 11.8 Å². The van der Waals surface area contributed by atoms with Gasteiger partial charge in [0.2, 0.25) is 0 Å². The Bertz CT molecular complexity index is 460. The predicted molar refractivity (Wildman–Crippen MR) is 51.9 cm³/mol. The molecule has 0 fully saturated rings. The summed E-state index contributed by atoms with van der Waals surface area (Å²) in [7, 11) is 0. The van der Waals surface area contributed by atoms with E-state index >= 15 is 0 Å². The summed E-state index contributed by atoms with van der Waals surface area (Å²) in [5, 5.41) is 17.7. The van der Waals surface area contributed by atoms with E-state index in [2.05, 4.69) is 0 Å². The van der Waals surface area contributed by atoms with Gasteiger partial charge in [-0.15, -0.1) is 0 Å². The Morgan fingerprint density at radius 2 is 2.33 bits per heavy atom. The lowest BCUT2D eigenvalue weighted by Crippen LogP contribution is -2.11. The highest BCUT2D eigenvalue weighted by molar-refractivity contribution is 5.89. The first-order chi connectivity index (χ1) is 7.22. The third kappa shape index (κ3) is 1.64. The van der Waals surface area contributed by atoms with Crippen molar-refractivity contribution in [2.45, 2.75) is 12.8 Å². The minimum atomic E-state index is -1.01. The molecule has 1 N–H and O–H groups in total. The van der Waals surface area contributed by atoms with Crippen LogP contribution in [0.1, 0.15) is 27.9 Å². The molecule has 1 aliphatic rings. The maximum absolute atomic E-state index is 10.8. The number of carbonyl (C=O) groups is 1. The third-order valence-corrected chi connectivity index (χ3v) is 2.37. The SMILES string of the molecule is N#Cc1cc(C(=O)O)cc2c1OCCC2. The molecule has 1 aromatic carbocycles. The number of nitrogens with zero attached hydrogens (tertiary/aromatic N) is 1. The van der Waals surface area contributed by atoms with E-state index in [4.69, 9.17) is 15.1 Å². The van der Waals surface area contributed by atoms with E-state index in [0.717, 1.165) is 18.4 Å². The van der Waals surface area contributed by atoms with Gasteiger partial charge < -0.3 is 9.84 Å². The smallest absolute Gasteiger partial charge is 0.335 e. The zero-order chi connectivity index (χ0) is 10.8. The zero-order valence-corrected chi connectivity index (χ0v) is 7.99. The number of benzene rings is 1. The van der Waals surface area contributed by atoms with Crippen LogP contribution in [0.4, 0.5) is 0 Å². The zero-order valence-electron chi connectivity index (χ0n) is 7.99. The number of nitriles is 1. The number of aromatic carboxylic acids is 1. The topological polar surface area (TPSA) is 70.3 Å². The second kappa shape index (κ2) is 3.62. The highest BCUT2D eigenvalue weighted by Crippen LogP contribution is 2.29. The summed E-state index contributed by atoms with van der Waals surface area (Å²) in [5.41, 5.74) is 1.28. The number of rotatable bonds is 1. The molecule has 0 saturated carbocycles. The van der Waals surface area contributed by atoms with Gasteiger partial charge in [0.1, 0.15) is 11.8 Å². The molecule has 0 spiro atoms. The summed E-state index contributed by atoms with van der Waals surface area (Å²) in [6, 6.07) is 4.90. The van der Waals surface area contributed by atoms with Crippen molar-refractivity contribution in [1.82, 2.24) is 0 Å². The second-order valence-corrected chi connectivity index (χ2v) is 3.38. The van der Waals surface area contributed by atoms with E-state index < -0.39 is 5.97 Å². The van der Waals surface area contributed by atoms with Crippen LogP contribution in [0.15, 0.2) is 12.1 Å². The lowest BCUT2D eigenvalue weighted by molar-refractivity contribution is 0.0696. The van der Waals surface area contributed by atoms with Crippen LogP contribution in [0.5, 0.6) is 5.75 Å². The fourth-order valence-electron chi connectivity index (χ4n) is 1.69. The van der Waals surface area contributed by atoms with E-state index in [9.17, 15) is 4.79 Å². The normalized spacial score (nSPS) is 13.5. The molecule has 0 amide bonds. The van der Waals surface area contributed by atoms with E-state index in [0.29, 0.717) is 17.9 Å². The van der Waals surface area contributed by atoms with Crippen molar-refractivity contribution < 1.29 is 14.6 Å². The number of hydrogen-bond donors (Lipinski definition) is 1. The van der Waals surface area contributed by atoms with Crippen LogP contribution >= 0.6 is 0 Å². The summed E-state index contributed by atoms with van der Waals surface area (Å²) < 4.78 is 5.36. The van der Waals surface area contributed by atoms with Crippen molar-refractivity contribution in [2.24, 2.45) is 0 Å². The predicted octanol–water partition coefficient (Wildman–Crippen LogP) is 1.58. The van der Waals surface area contributed by atoms with Crippen LogP contribution in [0.2, 0.25) is 0 Å². The van der Waals surface area contributed by atoms with Crippen molar-refractivity contribution in [1.29, 1.82) is 5.26 Å². The van der Waals surface area contributed by atoms with E-state index in [1.165, 1.54) is 6.07 Å².